The third kappa shape index (κ3) is 3.86. The molecule has 98 valence electrons. The zero-order valence-corrected chi connectivity index (χ0v) is 10.7. The first-order valence-electron chi connectivity index (χ1n) is 5.41. The van der Waals surface area contributed by atoms with Gasteiger partial charge in [0.25, 0.3) is 0 Å². The number of hydrogen-bond donors (Lipinski definition) is 2. The molecule has 0 aliphatic heterocycles. The molecule has 2 aromatic rings. The summed E-state index contributed by atoms with van der Waals surface area (Å²) in [6, 6.07) is 11.1. The smallest absolute Gasteiger partial charge is 0.322 e. The van der Waals surface area contributed by atoms with Crippen LogP contribution in [0.4, 0.5) is 0 Å². The predicted octanol–water partition coefficient (Wildman–Crippen LogP) is 3.13. The highest BCUT2D eigenvalue weighted by Crippen LogP contribution is 2.25. The van der Waals surface area contributed by atoms with Gasteiger partial charge in [0.1, 0.15) is 23.0 Å². The molecule has 6 heteroatoms. The number of benzene rings is 2. The van der Waals surface area contributed by atoms with Gasteiger partial charge < -0.3 is 19.7 Å². The van der Waals surface area contributed by atoms with Crippen LogP contribution in [0.2, 0.25) is 0 Å². The highest BCUT2D eigenvalue weighted by atomic mass is 31.1. The summed E-state index contributed by atoms with van der Waals surface area (Å²) in [6.45, 7) is 0. The van der Waals surface area contributed by atoms with E-state index in [-0.39, 0.29) is 20.0 Å². The number of phenols is 2. The molecule has 19 heavy (non-hydrogen) atoms. The second-order valence-corrected chi connectivity index (χ2v) is 4.28. The second kappa shape index (κ2) is 6.07. The van der Waals surface area contributed by atoms with Gasteiger partial charge >= 0.3 is 6.03 Å². The van der Waals surface area contributed by atoms with E-state index in [0.717, 1.165) is 0 Å². The van der Waals surface area contributed by atoms with E-state index in [0.29, 0.717) is 11.5 Å². The minimum Gasteiger partial charge on any atom is -0.508 e. The number of hydrogen-bond acceptors (Lipinski definition) is 5. The summed E-state index contributed by atoms with van der Waals surface area (Å²) in [4.78, 5) is 0. The van der Waals surface area contributed by atoms with E-state index in [4.69, 9.17) is 9.47 Å². The first-order chi connectivity index (χ1) is 9.17. The van der Waals surface area contributed by atoms with E-state index in [1.807, 2.05) is 0 Å². The maximum Gasteiger partial charge on any atom is 0.322 e. The summed E-state index contributed by atoms with van der Waals surface area (Å²) < 4.78 is 21.6. The van der Waals surface area contributed by atoms with Crippen molar-refractivity contribution >= 4 is 8.46 Å². The molecular formula is C13H11O5P. The Kier molecular flexibility index (Phi) is 4.21. The third-order valence-electron chi connectivity index (χ3n) is 2.20. The van der Waals surface area contributed by atoms with Gasteiger partial charge in [0.15, 0.2) is 0 Å². The van der Waals surface area contributed by atoms with Gasteiger partial charge in [0, 0.05) is 12.1 Å². The van der Waals surface area contributed by atoms with Crippen LogP contribution in [0.3, 0.4) is 0 Å². The second-order valence-electron chi connectivity index (χ2n) is 3.64. The molecule has 2 aromatic carbocycles. The van der Waals surface area contributed by atoms with Gasteiger partial charge in [-0.2, -0.15) is 0 Å². The zero-order valence-electron chi connectivity index (χ0n) is 9.76. The fourth-order valence-electron chi connectivity index (χ4n) is 1.41. The first-order valence-corrected chi connectivity index (χ1v) is 6.29. The van der Waals surface area contributed by atoms with Crippen LogP contribution in [0.25, 0.3) is 0 Å². The van der Waals surface area contributed by atoms with Gasteiger partial charge in [-0.15, -0.1) is 0 Å². The summed E-state index contributed by atoms with van der Waals surface area (Å²) in [7, 11) is -0.375. The lowest BCUT2D eigenvalue weighted by Gasteiger charge is -2.14. The van der Waals surface area contributed by atoms with Crippen molar-refractivity contribution in [2.45, 2.75) is 6.03 Å². The SMILES string of the molecule is O=PC(Oc1cccc(O)c1)Oc1cccc(O)c1. The Balaban J connectivity index is 2.06. The summed E-state index contributed by atoms with van der Waals surface area (Å²) in [5, 5.41) is 18.6. The maximum absolute atomic E-state index is 11.0. The lowest BCUT2D eigenvalue weighted by atomic mass is 10.3. The Morgan fingerprint density at radius 3 is 1.74 bits per heavy atom. The van der Waals surface area contributed by atoms with Crippen molar-refractivity contribution in [2.24, 2.45) is 0 Å². The van der Waals surface area contributed by atoms with Crippen molar-refractivity contribution in [3.8, 4) is 23.0 Å². The van der Waals surface area contributed by atoms with Crippen molar-refractivity contribution in [3.63, 3.8) is 0 Å². The van der Waals surface area contributed by atoms with Crippen LogP contribution in [0, 0.1) is 0 Å². The van der Waals surface area contributed by atoms with E-state index < -0.39 is 6.03 Å². The van der Waals surface area contributed by atoms with Crippen LogP contribution in [-0.4, -0.2) is 16.2 Å². The number of rotatable bonds is 5. The lowest BCUT2D eigenvalue weighted by Crippen LogP contribution is -2.16. The van der Waals surface area contributed by atoms with Crippen molar-refractivity contribution in [1.82, 2.24) is 0 Å². The van der Waals surface area contributed by atoms with Gasteiger partial charge in [0.2, 0.25) is 8.46 Å². The van der Waals surface area contributed by atoms with Crippen LogP contribution in [0.15, 0.2) is 48.5 Å². The van der Waals surface area contributed by atoms with Crippen molar-refractivity contribution in [2.75, 3.05) is 0 Å². The van der Waals surface area contributed by atoms with E-state index in [1.54, 1.807) is 24.3 Å². The molecule has 0 saturated heterocycles. The minimum absolute atomic E-state index is 0.0381. The molecule has 0 heterocycles. The van der Waals surface area contributed by atoms with Crippen LogP contribution >= 0.6 is 8.46 Å². The molecule has 0 amide bonds. The Labute approximate surface area is 111 Å². The fraction of sp³-hybridized carbons (Fsp3) is 0.0769. The Bertz CT molecular complexity index is 525. The quantitative estimate of drug-likeness (QED) is 0.649. The summed E-state index contributed by atoms with van der Waals surface area (Å²) in [5.41, 5.74) is 0. The molecule has 2 N–H and O–H groups in total. The molecule has 0 unspecified atom stereocenters. The van der Waals surface area contributed by atoms with Gasteiger partial charge in [-0.1, -0.05) is 12.1 Å². The Hall–Kier alpha value is -2.26. The standard InChI is InChI=1S/C13H11O5P/c14-9-3-1-5-11(7-9)17-13(19-16)18-12-6-2-4-10(15)8-12/h1-8,13-15H. The zero-order chi connectivity index (χ0) is 13.7. The van der Waals surface area contributed by atoms with Crippen molar-refractivity contribution < 1.29 is 24.3 Å². The molecule has 0 aromatic heterocycles. The monoisotopic (exact) mass is 278 g/mol. The molecule has 0 aliphatic rings. The molecule has 0 spiro atoms. The van der Waals surface area contributed by atoms with E-state index >= 15 is 0 Å². The van der Waals surface area contributed by atoms with Gasteiger partial charge in [-0.05, 0) is 24.3 Å². The minimum atomic E-state index is -1.07. The Morgan fingerprint density at radius 2 is 1.37 bits per heavy atom. The highest BCUT2D eigenvalue weighted by molar-refractivity contribution is 7.24. The normalized spacial score (nSPS) is 10.6. The molecule has 0 radical (unpaired) electrons. The van der Waals surface area contributed by atoms with Crippen molar-refractivity contribution in [1.29, 1.82) is 0 Å². The first kappa shape index (κ1) is 13.2. The average molecular weight is 278 g/mol. The summed E-state index contributed by atoms with van der Waals surface area (Å²) in [6.07, 6.45) is 0. The summed E-state index contributed by atoms with van der Waals surface area (Å²) >= 11 is 0. The molecule has 0 aliphatic carbocycles. The maximum atomic E-state index is 11.0. The number of aromatic hydroxyl groups is 2. The van der Waals surface area contributed by atoms with Crippen molar-refractivity contribution in [3.05, 3.63) is 48.5 Å². The third-order valence-corrected chi connectivity index (χ3v) is 2.58. The van der Waals surface area contributed by atoms with E-state index in [2.05, 4.69) is 0 Å². The fourth-order valence-corrected chi connectivity index (χ4v) is 1.74. The molecular weight excluding hydrogens is 267 g/mol. The van der Waals surface area contributed by atoms with Crippen LogP contribution in [0.5, 0.6) is 23.0 Å². The van der Waals surface area contributed by atoms with Gasteiger partial charge in [0.05, 0.1) is 0 Å². The van der Waals surface area contributed by atoms with Crippen LogP contribution < -0.4 is 9.47 Å². The molecule has 0 fully saturated rings. The largest absolute Gasteiger partial charge is 0.508 e. The van der Waals surface area contributed by atoms with Crippen LogP contribution in [0.1, 0.15) is 0 Å². The number of ether oxygens (including phenoxy) is 2. The highest BCUT2D eigenvalue weighted by Gasteiger charge is 2.13. The predicted molar refractivity (Wildman–Crippen MR) is 68.9 cm³/mol. The van der Waals surface area contributed by atoms with E-state index in [1.165, 1.54) is 24.3 Å². The van der Waals surface area contributed by atoms with Gasteiger partial charge in [-0.3, -0.25) is 4.57 Å². The van der Waals surface area contributed by atoms with E-state index in [9.17, 15) is 14.8 Å². The molecule has 0 saturated carbocycles. The van der Waals surface area contributed by atoms with Gasteiger partial charge in [-0.25, -0.2) is 0 Å². The molecule has 2 rings (SSSR count). The topological polar surface area (TPSA) is 76.0 Å². The number of phenolic OH excluding ortho intramolecular Hbond substituents is 2. The van der Waals surface area contributed by atoms with Crippen LogP contribution in [-0.2, 0) is 4.57 Å². The Morgan fingerprint density at radius 1 is 0.895 bits per heavy atom. The average Bonchev–Trinajstić information content (AvgIpc) is 2.38. The molecule has 0 bridgehead atoms. The lowest BCUT2D eigenvalue weighted by molar-refractivity contribution is 0.0786. The molecule has 5 nitrogen and oxygen atoms in total. The summed E-state index contributed by atoms with van der Waals surface area (Å²) in [5.74, 6) is 0.731. The molecule has 0 atom stereocenters.